The molecule has 0 bridgehead atoms. The van der Waals surface area contributed by atoms with Gasteiger partial charge in [-0.25, -0.2) is 4.39 Å². The van der Waals surface area contributed by atoms with Crippen molar-refractivity contribution >= 4 is 6.29 Å². The molecule has 0 saturated carbocycles. The number of carbonyl (C=O) groups is 1. The molecule has 0 aliphatic heterocycles. The van der Waals surface area contributed by atoms with Gasteiger partial charge in [0.15, 0.2) is 17.8 Å². The number of hydrogen-bond donors (Lipinski definition) is 1. The van der Waals surface area contributed by atoms with Crippen LogP contribution in [0.15, 0.2) is 48.5 Å². The lowest BCUT2D eigenvalue weighted by Gasteiger charge is -2.18. The Bertz CT molecular complexity index is 1030. The van der Waals surface area contributed by atoms with Gasteiger partial charge in [0.05, 0.1) is 21.3 Å². The lowest BCUT2D eigenvalue weighted by atomic mass is 9.95. The third-order valence-corrected chi connectivity index (χ3v) is 4.44. The number of phenols is 1. The number of halogens is 1. The second-order valence-corrected chi connectivity index (χ2v) is 5.94. The third-order valence-electron chi connectivity index (χ3n) is 4.44. The Kier molecular flexibility index (Phi) is 5.49. The van der Waals surface area contributed by atoms with E-state index in [2.05, 4.69) is 0 Å². The molecule has 0 radical (unpaired) electrons. The van der Waals surface area contributed by atoms with Crippen LogP contribution in [0.3, 0.4) is 0 Å². The summed E-state index contributed by atoms with van der Waals surface area (Å²) in [6.07, 6.45) is 0.607. The van der Waals surface area contributed by atoms with E-state index in [9.17, 15) is 9.90 Å². The van der Waals surface area contributed by atoms with E-state index in [4.69, 9.17) is 14.2 Å². The largest absolute Gasteiger partial charge is 0.507 e. The lowest BCUT2D eigenvalue weighted by molar-refractivity contribution is 0.112. The normalized spacial score (nSPS) is 10.4. The highest BCUT2D eigenvalue weighted by Crippen LogP contribution is 2.47. The predicted molar refractivity (Wildman–Crippen MR) is 104 cm³/mol. The van der Waals surface area contributed by atoms with Crippen molar-refractivity contribution in [1.29, 1.82) is 0 Å². The van der Waals surface area contributed by atoms with Crippen molar-refractivity contribution in [1.82, 2.24) is 0 Å². The molecule has 3 aromatic rings. The van der Waals surface area contributed by atoms with Gasteiger partial charge in [-0.2, -0.15) is 0 Å². The monoisotopic (exact) mass is 382 g/mol. The highest BCUT2D eigenvalue weighted by atomic mass is 19.1. The van der Waals surface area contributed by atoms with Crippen LogP contribution >= 0.6 is 0 Å². The molecule has 5 nitrogen and oxygen atoms in total. The molecule has 3 rings (SSSR count). The van der Waals surface area contributed by atoms with Crippen LogP contribution in [0.4, 0.5) is 4.39 Å². The maximum absolute atomic E-state index is 15.1. The highest BCUT2D eigenvalue weighted by Gasteiger charge is 2.24. The van der Waals surface area contributed by atoms with Gasteiger partial charge in [-0.15, -0.1) is 0 Å². The van der Waals surface area contributed by atoms with Crippen molar-refractivity contribution in [2.45, 2.75) is 0 Å². The summed E-state index contributed by atoms with van der Waals surface area (Å²) in [5.41, 5.74) is 1.63. The zero-order valence-corrected chi connectivity index (χ0v) is 15.7. The summed E-state index contributed by atoms with van der Waals surface area (Å²) in [6.45, 7) is 0. The maximum atomic E-state index is 15.1. The van der Waals surface area contributed by atoms with Crippen LogP contribution in [-0.2, 0) is 0 Å². The minimum absolute atomic E-state index is 0.0481. The highest BCUT2D eigenvalue weighted by molar-refractivity contribution is 5.94. The second-order valence-electron chi connectivity index (χ2n) is 5.94. The Balaban J connectivity index is 2.24. The van der Waals surface area contributed by atoms with Crippen LogP contribution < -0.4 is 14.2 Å². The van der Waals surface area contributed by atoms with Gasteiger partial charge in [0.25, 0.3) is 0 Å². The topological polar surface area (TPSA) is 65.0 Å². The number of hydrogen-bond acceptors (Lipinski definition) is 5. The summed E-state index contributed by atoms with van der Waals surface area (Å²) in [4.78, 5) is 11.7. The van der Waals surface area contributed by atoms with Gasteiger partial charge in [0, 0.05) is 22.3 Å². The molecule has 0 amide bonds. The number of phenolic OH excluding ortho intramolecular Hbond substituents is 1. The molecule has 1 N–H and O–H groups in total. The molecule has 0 aliphatic rings. The summed E-state index contributed by atoms with van der Waals surface area (Å²) in [5, 5.41) is 10.0. The maximum Gasteiger partial charge on any atom is 0.203 e. The van der Waals surface area contributed by atoms with Crippen molar-refractivity contribution < 1.29 is 28.5 Å². The number of ether oxygens (including phenoxy) is 3. The van der Waals surface area contributed by atoms with E-state index >= 15 is 4.39 Å². The van der Waals surface area contributed by atoms with Crippen LogP contribution in [0.5, 0.6) is 23.0 Å². The van der Waals surface area contributed by atoms with Crippen LogP contribution in [-0.4, -0.2) is 32.7 Å². The molecule has 144 valence electrons. The Morgan fingerprint density at radius 1 is 0.893 bits per heavy atom. The number of aromatic hydroxyl groups is 1. The molecule has 0 saturated heterocycles. The standard InChI is InChI=1S/C22H19FO5/c1-26-19-11-14(12-24)20(22(28-3)21(19)27-2)16-9-8-13(10-17(16)23)15-6-4-5-7-18(15)25/h4-12,25H,1-3H3. The van der Waals surface area contributed by atoms with Gasteiger partial charge >= 0.3 is 0 Å². The molecule has 0 atom stereocenters. The molecular formula is C22H19FO5. The average Bonchev–Trinajstić information content (AvgIpc) is 2.72. The SMILES string of the molecule is COc1cc(C=O)c(-c2ccc(-c3ccccc3O)cc2F)c(OC)c1OC. The molecule has 28 heavy (non-hydrogen) atoms. The minimum atomic E-state index is -0.575. The van der Waals surface area contributed by atoms with E-state index in [1.807, 2.05) is 0 Å². The predicted octanol–water partition coefficient (Wildman–Crippen LogP) is 4.70. The zero-order valence-electron chi connectivity index (χ0n) is 15.7. The van der Waals surface area contributed by atoms with Gasteiger partial charge in [-0.3, -0.25) is 4.79 Å². The van der Waals surface area contributed by atoms with Crippen molar-refractivity contribution in [3.05, 3.63) is 59.9 Å². The first-order valence-electron chi connectivity index (χ1n) is 8.42. The van der Waals surface area contributed by atoms with Crippen LogP contribution in [0.2, 0.25) is 0 Å². The van der Waals surface area contributed by atoms with Crippen molar-refractivity contribution in [2.75, 3.05) is 21.3 Å². The Labute approximate surface area is 161 Å². The minimum Gasteiger partial charge on any atom is -0.507 e. The Hall–Kier alpha value is -3.54. The van der Waals surface area contributed by atoms with Crippen LogP contribution in [0.25, 0.3) is 22.3 Å². The number of carbonyl (C=O) groups excluding carboxylic acids is 1. The first kappa shape index (κ1) is 19.2. The number of benzene rings is 3. The van der Waals surface area contributed by atoms with Gasteiger partial charge in [-0.05, 0) is 23.8 Å². The zero-order chi connectivity index (χ0) is 20.3. The summed E-state index contributed by atoms with van der Waals surface area (Å²) < 4.78 is 31.1. The van der Waals surface area contributed by atoms with Crippen LogP contribution in [0.1, 0.15) is 10.4 Å². The summed E-state index contributed by atoms with van der Waals surface area (Å²) in [5.74, 6) is 0.227. The fraction of sp³-hybridized carbons (Fsp3) is 0.136. The molecule has 0 aliphatic carbocycles. The van der Waals surface area contributed by atoms with Crippen molar-refractivity contribution in [3.8, 4) is 45.3 Å². The fourth-order valence-electron chi connectivity index (χ4n) is 3.15. The quantitative estimate of drug-likeness (QED) is 0.626. The third kappa shape index (κ3) is 3.24. The number of rotatable bonds is 6. The molecule has 6 heteroatoms. The second kappa shape index (κ2) is 8.00. The van der Waals surface area contributed by atoms with E-state index in [1.165, 1.54) is 45.6 Å². The Morgan fingerprint density at radius 3 is 2.18 bits per heavy atom. The molecular weight excluding hydrogens is 363 g/mol. The first-order chi connectivity index (χ1) is 13.5. The first-order valence-corrected chi connectivity index (χ1v) is 8.42. The number of methoxy groups -OCH3 is 3. The van der Waals surface area contributed by atoms with E-state index < -0.39 is 5.82 Å². The van der Waals surface area contributed by atoms with Crippen molar-refractivity contribution in [3.63, 3.8) is 0 Å². The number of para-hydroxylation sites is 1. The van der Waals surface area contributed by atoms with Gasteiger partial charge < -0.3 is 19.3 Å². The van der Waals surface area contributed by atoms with Crippen LogP contribution in [0, 0.1) is 5.82 Å². The molecule has 0 heterocycles. The molecule has 0 unspecified atom stereocenters. The van der Waals surface area contributed by atoms with Crippen molar-refractivity contribution in [2.24, 2.45) is 0 Å². The van der Waals surface area contributed by atoms with E-state index in [-0.39, 0.29) is 33.9 Å². The van der Waals surface area contributed by atoms with E-state index in [0.717, 1.165) is 0 Å². The molecule has 3 aromatic carbocycles. The summed E-state index contributed by atoms with van der Waals surface area (Å²) >= 11 is 0. The van der Waals surface area contributed by atoms with Gasteiger partial charge in [0.1, 0.15) is 11.6 Å². The fourth-order valence-corrected chi connectivity index (χ4v) is 3.15. The molecule has 0 aromatic heterocycles. The van der Waals surface area contributed by atoms with Gasteiger partial charge in [-0.1, -0.05) is 30.3 Å². The summed E-state index contributed by atoms with van der Waals surface area (Å²) in [6, 6.07) is 12.6. The molecule has 0 fully saturated rings. The summed E-state index contributed by atoms with van der Waals surface area (Å²) in [7, 11) is 4.28. The molecule has 0 spiro atoms. The lowest BCUT2D eigenvalue weighted by Crippen LogP contribution is -2.01. The van der Waals surface area contributed by atoms with E-state index in [0.29, 0.717) is 23.2 Å². The van der Waals surface area contributed by atoms with E-state index in [1.54, 1.807) is 24.3 Å². The number of aldehydes is 1. The van der Waals surface area contributed by atoms with Gasteiger partial charge in [0.2, 0.25) is 5.75 Å². The average molecular weight is 382 g/mol. The smallest absolute Gasteiger partial charge is 0.203 e. The Morgan fingerprint density at radius 2 is 1.61 bits per heavy atom.